The Morgan fingerprint density at radius 1 is 1.15 bits per heavy atom. The fourth-order valence-corrected chi connectivity index (χ4v) is 2.39. The molecule has 116 valence electrons. The summed E-state index contributed by atoms with van der Waals surface area (Å²) in [5, 5.41) is 0. The van der Waals surface area contributed by atoms with Gasteiger partial charge in [-0.1, -0.05) is 32.4 Å². The zero-order valence-corrected chi connectivity index (χ0v) is 14.2. The summed E-state index contributed by atoms with van der Waals surface area (Å²) in [7, 11) is 0. The van der Waals surface area contributed by atoms with E-state index in [9.17, 15) is 4.79 Å². The summed E-state index contributed by atoms with van der Waals surface area (Å²) < 4.78 is 0. The van der Waals surface area contributed by atoms with E-state index >= 15 is 0 Å². The minimum atomic E-state index is 0.288. The summed E-state index contributed by atoms with van der Waals surface area (Å²) in [6.07, 6.45) is 3.84. The van der Waals surface area contributed by atoms with Crippen molar-refractivity contribution in [3.05, 3.63) is 11.6 Å². The van der Waals surface area contributed by atoms with E-state index in [1.807, 2.05) is 4.90 Å². The summed E-state index contributed by atoms with van der Waals surface area (Å²) in [6.45, 7) is 17.0. The van der Waals surface area contributed by atoms with Gasteiger partial charge in [-0.25, -0.2) is 0 Å². The van der Waals surface area contributed by atoms with E-state index in [0.29, 0.717) is 17.9 Å². The smallest absolute Gasteiger partial charge is 0.226 e. The molecule has 1 aliphatic heterocycles. The molecular formula is C17H32N2O. The van der Waals surface area contributed by atoms with E-state index in [0.717, 1.165) is 32.6 Å². The number of carbonyl (C=O) groups is 1. The van der Waals surface area contributed by atoms with Crippen LogP contribution in [0.2, 0.25) is 0 Å². The van der Waals surface area contributed by atoms with Crippen LogP contribution in [-0.4, -0.2) is 47.9 Å². The molecule has 0 spiro atoms. The van der Waals surface area contributed by atoms with Crippen molar-refractivity contribution in [3.63, 3.8) is 0 Å². The number of nitrogens with zero attached hydrogens (tertiary/aromatic N) is 2. The average molecular weight is 280 g/mol. The highest BCUT2D eigenvalue weighted by atomic mass is 16.2. The predicted molar refractivity (Wildman–Crippen MR) is 85.7 cm³/mol. The van der Waals surface area contributed by atoms with Gasteiger partial charge >= 0.3 is 0 Å². The lowest BCUT2D eigenvalue weighted by atomic mass is 9.91. The second kappa shape index (κ2) is 7.26. The lowest BCUT2D eigenvalue weighted by Gasteiger charge is -2.37. The summed E-state index contributed by atoms with van der Waals surface area (Å²) >= 11 is 0. The summed E-state index contributed by atoms with van der Waals surface area (Å²) in [5.41, 5.74) is 1.50. The topological polar surface area (TPSA) is 23.6 Å². The van der Waals surface area contributed by atoms with E-state index in [-0.39, 0.29) is 5.91 Å². The van der Waals surface area contributed by atoms with Gasteiger partial charge in [-0.2, -0.15) is 0 Å². The Bertz CT molecular complexity index is 344. The highest BCUT2D eigenvalue weighted by Gasteiger charge is 2.22. The molecule has 0 N–H and O–H groups in total. The first-order valence-corrected chi connectivity index (χ1v) is 7.86. The molecule has 3 heteroatoms. The fourth-order valence-electron chi connectivity index (χ4n) is 2.39. The maximum Gasteiger partial charge on any atom is 0.226 e. The molecule has 0 radical (unpaired) electrons. The third-order valence-corrected chi connectivity index (χ3v) is 3.89. The summed E-state index contributed by atoms with van der Waals surface area (Å²) in [5.74, 6) is 0.288. The van der Waals surface area contributed by atoms with Gasteiger partial charge in [-0.05, 0) is 32.6 Å². The van der Waals surface area contributed by atoms with Crippen LogP contribution in [0, 0.1) is 5.41 Å². The second-order valence-electron chi connectivity index (χ2n) is 7.50. The Kier molecular flexibility index (Phi) is 6.25. The van der Waals surface area contributed by atoms with E-state index < -0.39 is 0 Å². The maximum absolute atomic E-state index is 12.3. The van der Waals surface area contributed by atoms with E-state index in [4.69, 9.17) is 0 Å². The van der Waals surface area contributed by atoms with Crippen molar-refractivity contribution in [2.24, 2.45) is 5.41 Å². The van der Waals surface area contributed by atoms with E-state index in [1.165, 1.54) is 5.57 Å². The van der Waals surface area contributed by atoms with Gasteiger partial charge in [0.1, 0.15) is 0 Å². The molecule has 0 aromatic heterocycles. The molecule has 0 unspecified atom stereocenters. The number of allylic oxidation sites excluding steroid dienone is 1. The predicted octanol–water partition coefficient (Wildman–Crippen LogP) is 3.31. The molecule has 0 atom stereocenters. The number of piperazine rings is 1. The van der Waals surface area contributed by atoms with Gasteiger partial charge < -0.3 is 4.90 Å². The molecule has 1 fully saturated rings. The van der Waals surface area contributed by atoms with Crippen molar-refractivity contribution in [2.75, 3.05) is 26.2 Å². The van der Waals surface area contributed by atoms with E-state index in [1.54, 1.807) is 0 Å². The summed E-state index contributed by atoms with van der Waals surface area (Å²) in [6, 6.07) is 0.584. The Hall–Kier alpha value is -0.830. The number of carbonyl (C=O) groups excluding carboxylic acids is 1. The molecule has 1 amide bonds. The van der Waals surface area contributed by atoms with Crippen LogP contribution < -0.4 is 0 Å². The zero-order valence-electron chi connectivity index (χ0n) is 14.2. The molecule has 0 bridgehead atoms. The first-order valence-electron chi connectivity index (χ1n) is 7.86. The van der Waals surface area contributed by atoms with Crippen LogP contribution in [-0.2, 0) is 4.79 Å². The lowest BCUT2D eigenvalue weighted by Crippen LogP contribution is -2.50. The molecule has 20 heavy (non-hydrogen) atoms. The molecule has 3 nitrogen and oxygen atoms in total. The normalized spacial score (nSPS) is 18.8. The summed E-state index contributed by atoms with van der Waals surface area (Å²) in [4.78, 5) is 16.7. The van der Waals surface area contributed by atoms with Crippen molar-refractivity contribution < 1.29 is 4.79 Å². The molecule has 1 saturated heterocycles. The van der Waals surface area contributed by atoms with Gasteiger partial charge in [0.15, 0.2) is 0 Å². The molecule has 0 aromatic rings. The molecule has 0 aliphatic carbocycles. The van der Waals surface area contributed by atoms with Crippen LogP contribution in [0.25, 0.3) is 0 Å². The van der Waals surface area contributed by atoms with Gasteiger partial charge in [0.2, 0.25) is 5.91 Å². The second-order valence-corrected chi connectivity index (χ2v) is 7.50. The minimum Gasteiger partial charge on any atom is -0.340 e. The number of hydrogen-bond donors (Lipinski definition) is 0. The number of hydrogen-bond acceptors (Lipinski definition) is 2. The highest BCUT2D eigenvalue weighted by Crippen LogP contribution is 2.21. The standard InChI is InChI=1S/C17H32N2O/c1-14(2)18-9-11-19(12-10-18)16(20)13-15(3)7-8-17(4,5)6/h7,14H,8-13H2,1-6H3/b15-7+. The number of amides is 1. The van der Waals surface area contributed by atoms with E-state index in [2.05, 4.69) is 52.5 Å². The van der Waals surface area contributed by atoms with Crippen molar-refractivity contribution >= 4 is 5.91 Å². The largest absolute Gasteiger partial charge is 0.340 e. The van der Waals surface area contributed by atoms with Crippen molar-refractivity contribution in [3.8, 4) is 0 Å². The Morgan fingerprint density at radius 3 is 2.15 bits per heavy atom. The Labute approximate surface area is 125 Å². The molecule has 1 rings (SSSR count). The Balaban J connectivity index is 2.40. The highest BCUT2D eigenvalue weighted by molar-refractivity contribution is 5.78. The van der Waals surface area contributed by atoms with Gasteiger partial charge in [-0.15, -0.1) is 0 Å². The minimum absolute atomic E-state index is 0.288. The third kappa shape index (κ3) is 6.08. The van der Waals surface area contributed by atoms with Crippen LogP contribution in [0.5, 0.6) is 0 Å². The SMILES string of the molecule is C/C(=C\CC(C)(C)C)CC(=O)N1CCN(C(C)C)CC1. The first kappa shape index (κ1) is 17.2. The maximum atomic E-state index is 12.3. The van der Waals surface area contributed by atoms with Gasteiger partial charge in [0, 0.05) is 38.6 Å². The van der Waals surface area contributed by atoms with Gasteiger partial charge in [-0.3, -0.25) is 9.69 Å². The monoisotopic (exact) mass is 280 g/mol. The third-order valence-electron chi connectivity index (χ3n) is 3.89. The van der Waals surface area contributed by atoms with Gasteiger partial charge in [0.05, 0.1) is 0 Å². The first-order chi connectivity index (χ1) is 9.19. The van der Waals surface area contributed by atoms with Crippen LogP contribution in [0.4, 0.5) is 0 Å². The van der Waals surface area contributed by atoms with Crippen molar-refractivity contribution in [1.82, 2.24) is 9.80 Å². The molecule has 0 saturated carbocycles. The van der Waals surface area contributed by atoms with Crippen LogP contribution in [0.3, 0.4) is 0 Å². The fraction of sp³-hybridized carbons (Fsp3) is 0.824. The van der Waals surface area contributed by atoms with Crippen LogP contribution >= 0.6 is 0 Å². The average Bonchev–Trinajstić information content (AvgIpc) is 2.35. The lowest BCUT2D eigenvalue weighted by molar-refractivity contribution is -0.132. The Morgan fingerprint density at radius 2 is 1.70 bits per heavy atom. The molecule has 1 aliphatic rings. The molecule has 0 aromatic carbocycles. The van der Waals surface area contributed by atoms with Crippen LogP contribution in [0.15, 0.2) is 11.6 Å². The number of rotatable bonds is 4. The van der Waals surface area contributed by atoms with Gasteiger partial charge in [0.25, 0.3) is 0 Å². The zero-order chi connectivity index (χ0) is 15.3. The van der Waals surface area contributed by atoms with Crippen molar-refractivity contribution in [2.45, 2.75) is 60.4 Å². The van der Waals surface area contributed by atoms with Crippen molar-refractivity contribution in [1.29, 1.82) is 0 Å². The van der Waals surface area contributed by atoms with Crippen LogP contribution in [0.1, 0.15) is 54.4 Å². The molecular weight excluding hydrogens is 248 g/mol. The quantitative estimate of drug-likeness (QED) is 0.738. The molecule has 1 heterocycles.